The summed E-state index contributed by atoms with van der Waals surface area (Å²) in [5.74, 6) is -1.16. The van der Waals surface area contributed by atoms with Gasteiger partial charge in [-0.3, -0.25) is 19.4 Å². The molecule has 0 atom stereocenters. The second kappa shape index (κ2) is 9.01. The number of hydrogen-bond acceptors (Lipinski definition) is 5. The average molecular weight is 393 g/mol. The molecule has 0 bridgehead atoms. The number of amides is 3. The van der Waals surface area contributed by atoms with Gasteiger partial charge in [0, 0.05) is 36.3 Å². The number of rotatable bonds is 7. The average Bonchev–Trinajstić information content (AvgIpc) is 3.17. The van der Waals surface area contributed by atoms with E-state index in [1.165, 1.54) is 0 Å². The monoisotopic (exact) mass is 393 g/mol. The van der Waals surface area contributed by atoms with Crippen molar-refractivity contribution in [3.05, 3.63) is 65.2 Å². The van der Waals surface area contributed by atoms with Crippen LogP contribution in [0.5, 0.6) is 0 Å². The Balaban J connectivity index is 1.52. The smallest absolute Gasteiger partial charge is 0.251 e. The molecule has 1 aliphatic rings. The van der Waals surface area contributed by atoms with E-state index in [9.17, 15) is 14.4 Å². The van der Waals surface area contributed by atoms with Crippen LogP contribution in [0, 0.1) is 0 Å². The number of anilines is 1. The summed E-state index contributed by atoms with van der Waals surface area (Å²) in [5, 5.41) is 11.7. The van der Waals surface area contributed by atoms with Crippen molar-refractivity contribution in [3.8, 4) is 0 Å². The van der Waals surface area contributed by atoms with E-state index in [0.717, 1.165) is 29.9 Å². The molecule has 3 rings (SSSR count). The van der Waals surface area contributed by atoms with Crippen LogP contribution in [0.25, 0.3) is 0 Å². The number of benzene rings is 2. The zero-order chi connectivity index (χ0) is 20.8. The van der Waals surface area contributed by atoms with E-state index in [1.807, 2.05) is 24.1 Å². The molecule has 0 saturated heterocycles. The van der Waals surface area contributed by atoms with Gasteiger partial charge in [0.25, 0.3) is 11.8 Å². The van der Waals surface area contributed by atoms with Crippen molar-refractivity contribution < 1.29 is 14.4 Å². The summed E-state index contributed by atoms with van der Waals surface area (Å²) >= 11 is 0. The van der Waals surface area contributed by atoms with Gasteiger partial charge < -0.3 is 16.4 Å². The molecule has 0 unspecified atom stereocenters. The number of carbonyl (C=O) groups excluding carboxylic acids is 3. The van der Waals surface area contributed by atoms with Gasteiger partial charge in [-0.15, -0.1) is 0 Å². The second-order valence-corrected chi connectivity index (χ2v) is 6.78. The van der Waals surface area contributed by atoms with Crippen molar-refractivity contribution in [2.45, 2.75) is 19.9 Å². The molecule has 0 aromatic heterocycles. The Hall–Kier alpha value is -3.68. The summed E-state index contributed by atoms with van der Waals surface area (Å²) < 4.78 is 0. The van der Waals surface area contributed by atoms with Crippen LogP contribution in [-0.2, 0) is 11.3 Å². The SMILES string of the molecule is CC1=NN(c2ccc(C(=O)NCc3ccc(C(=O)NCC(N)=O)cc3)cc2)CC1. The van der Waals surface area contributed by atoms with E-state index in [0.29, 0.717) is 17.7 Å². The van der Waals surface area contributed by atoms with Crippen LogP contribution in [0.15, 0.2) is 53.6 Å². The molecule has 0 spiro atoms. The minimum atomic E-state index is -0.603. The van der Waals surface area contributed by atoms with Crippen LogP contribution in [0.3, 0.4) is 0 Å². The molecule has 0 saturated carbocycles. The van der Waals surface area contributed by atoms with Gasteiger partial charge in [0.15, 0.2) is 0 Å². The quantitative estimate of drug-likeness (QED) is 0.659. The first-order chi connectivity index (χ1) is 13.9. The third-order valence-electron chi connectivity index (χ3n) is 4.50. The summed E-state index contributed by atoms with van der Waals surface area (Å²) in [7, 11) is 0. The zero-order valence-corrected chi connectivity index (χ0v) is 16.1. The van der Waals surface area contributed by atoms with Crippen LogP contribution >= 0.6 is 0 Å². The molecule has 3 amide bonds. The van der Waals surface area contributed by atoms with Crippen LogP contribution in [0.4, 0.5) is 5.69 Å². The molecule has 29 heavy (non-hydrogen) atoms. The van der Waals surface area contributed by atoms with Crippen molar-refractivity contribution in [3.63, 3.8) is 0 Å². The highest BCUT2D eigenvalue weighted by atomic mass is 16.2. The van der Waals surface area contributed by atoms with Crippen molar-refractivity contribution in [2.24, 2.45) is 10.8 Å². The van der Waals surface area contributed by atoms with Crippen LogP contribution in [-0.4, -0.2) is 36.5 Å². The van der Waals surface area contributed by atoms with Gasteiger partial charge in [0.1, 0.15) is 0 Å². The number of hydrogen-bond donors (Lipinski definition) is 3. The topological polar surface area (TPSA) is 117 Å². The third kappa shape index (κ3) is 5.41. The highest BCUT2D eigenvalue weighted by Gasteiger charge is 2.13. The fraction of sp³-hybridized carbons (Fsp3) is 0.238. The summed E-state index contributed by atoms with van der Waals surface area (Å²) in [6.45, 7) is 2.98. The fourth-order valence-electron chi connectivity index (χ4n) is 2.87. The maximum absolute atomic E-state index is 12.4. The summed E-state index contributed by atoms with van der Waals surface area (Å²) in [5.41, 5.74) is 8.89. The fourth-order valence-corrected chi connectivity index (χ4v) is 2.87. The van der Waals surface area contributed by atoms with Crippen molar-refractivity contribution >= 4 is 29.1 Å². The first kappa shape index (κ1) is 20.1. The summed E-state index contributed by atoms with van der Waals surface area (Å²) in [6, 6.07) is 14.1. The van der Waals surface area contributed by atoms with Crippen LogP contribution < -0.4 is 21.4 Å². The number of primary amides is 1. The first-order valence-electron chi connectivity index (χ1n) is 9.27. The second-order valence-electron chi connectivity index (χ2n) is 6.78. The van der Waals surface area contributed by atoms with Crippen molar-refractivity contribution in [1.29, 1.82) is 0 Å². The first-order valence-corrected chi connectivity index (χ1v) is 9.27. The summed E-state index contributed by atoms with van der Waals surface area (Å²) in [4.78, 5) is 34.9. The molecular formula is C21H23N5O3. The highest BCUT2D eigenvalue weighted by molar-refractivity contribution is 5.96. The van der Waals surface area contributed by atoms with Gasteiger partial charge in [-0.2, -0.15) is 5.10 Å². The third-order valence-corrected chi connectivity index (χ3v) is 4.50. The van der Waals surface area contributed by atoms with Crippen molar-refractivity contribution in [1.82, 2.24) is 10.6 Å². The van der Waals surface area contributed by atoms with Gasteiger partial charge in [-0.05, 0) is 48.9 Å². The summed E-state index contributed by atoms with van der Waals surface area (Å²) in [6.07, 6.45) is 0.952. The van der Waals surface area contributed by atoms with Gasteiger partial charge in [-0.25, -0.2) is 0 Å². The molecule has 8 heteroatoms. The Labute approximate surface area is 168 Å². The van der Waals surface area contributed by atoms with Crippen LogP contribution in [0.2, 0.25) is 0 Å². The number of carbonyl (C=O) groups is 3. The lowest BCUT2D eigenvalue weighted by Gasteiger charge is -2.14. The van der Waals surface area contributed by atoms with E-state index >= 15 is 0 Å². The molecule has 1 heterocycles. The Morgan fingerprint density at radius 2 is 1.55 bits per heavy atom. The lowest BCUT2D eigenvalue weighted by Crippen LogP contribution is -2.33. The van der Waals surface area contributed by atoms with E-state index in [4.69, 9.17) is 5.73 Å². The minimum Gasteiger partial charge on any atom is -0.368 e. The number of nitrogens with zero attached hydrogens (tertiary/aromatic N) is 2. The molecular weight excluding hydrogens is 370 g/mol. The Kier molecular flexibility index (Phi) is 6.23. The van der Waals surface area contributed by atoms with E-state index in [2.05, 4.69) is 15.7 Å². The lowest BCUT2D eigenvalue weighted by atomic mass is 10.1. The number of nitrogens with two attached hydrogens (primary N) is 1. The molecule has 1 aliphatic heterocycles. The maximum Gasteiger partial charge on any atom is 0.251 e. The van der Waals surface area contributed by atoms with Gasteiger partial charge >= 0.3 is 0 Å². The molecule has 2 aromatic carbocycles. The number of nitrogens with one attached hydrogen (secondary N) is 2. The largest absolute Gasteiger partial charge is 0.368 e. The maximum atomic E-state index is 12.4. The van der Waals surface area contributed by atoms with Crippen LogP contribution in [0.1, 0.15) is 39.6 Å². The highest BCUT2D eigenvalue weighted by Crippen LogP contribution is 2.19. The Morgan fingerprint density at radius 1 is 0.966 bits per heavy atom. The molecule has 150 valence electrons. The number of hydrazone groups is 1. The van der Waals surface area contributed by atoms with E-state index in [1.54, 1.807) is 36.4 Å². The zero-order valence-electron chi connectivity index (χ0n) is 16.1. The molecule has 0 fully saturated rings. The molecule has 0 radical (unpaired) electrons. The standard InChI is InChI=1S/C21H23N5O3/c1-14-10-11-26(25-14)18-8-6-17(7-9-18)20(28)23-12-15-2-4-16(5-3-15)21(29)24-13-19(22)27/h2-9H,10-13H2,1H3,(H2,22,27)(H,23,28)(H,24,29). The van der Waals surface area contributed by atoms with E-state index < -0.39 is 5.91 Å². The molecule has 2 aromatic rings. The Bertz CT molecular complexity index is 936. The van der Waals surface area contributed by atoms with Crippen molar-refractivity contribution in [2.75, 3.05) is 18.1 Å². The predicted octanol–water partition coefficient (Wildman–Crippen LogP) is 1.42. The molecule has 4 N–H and O–H groups in total. The molecule has 0 aliphatic carbocycles. The predicted molar refractivity (Wildman–Crippen MR) is 111 cm³/mol. The van der Waals surface area contributed by atoms with Gasteiger partial charge in [0.2, 0.25) is 5.91 Å². The normalized spacial score (nSPS) is 13.0. The van der Waals surface area contributed by atoms with Gasteiger partial charge in [0.05, 0.1) is 12.2 Å². The molecule has 8 nitrogen and oxygen atoms in total. The van der Waals surface area contributed by atoms with Gasteiger partial charge in [-0.1, -0.05) is 12.1 Å². The van der Waals surface area contributed by atoms with E-state index in [-0.39, 0.29) is 18.4 Å². The lowest BCUT2D eigenvalue weighted by molar-refractivity contribution is -0.117. The Morgan fingerprint density at radius 3 is 2.10 bits per heavy atom. The minimum absolute atomic E-state index is 0.180.